The molecule has 0 heterocycles. The first-order chi connectivity index (χ1) is 8.41. The summed E-state index contributed by atoms with van der Waals surface area (Å²) in [7, 11) is 0. The molecule has 4 saturated carbocycles. The van der Waals surface area contributed by atoms with E-state index in [1.165, 1.54) is 12.8 Å². The summed E-state index contributed by atoms with van der Waals surface area (Å²) >= 11 is 0. The summed E-state index contributed by atoms with van der Waals surface area (Å²) in [5.74, 6) is -0.803. The topological polar surface area (TPSA) is 26.3 Å². The summed E-state index contributed by atoms with van der Waals surface area (Å²) in [5, 5.41) is 0. The molecule has 4 fully saturated rings. The van der Waals surface area contributed by atoms with Crippen LogP contribution in [0.4, 0.5) is 8.78 Å². The molecule has 4 aliphatic carbocycles. The average Bonchev–Trinajstić information content (AvgIpc) is 2.93. The Labute approximate surface area is 105 Å². The highest BCUT2D eigenvalue weighted by Gasteiger charge is 2.72. The molecule has 18 heavy (non-hydrogen) atoms. The van der Waals surface area contributed by atoms with E-state index in [1.54, 1.807) is 0 Å². The van der Waals surface area contributed by atoms with Gasteiger partial charge in [0, 0.05) is 12.3 Å². The molecule has 3 unspecified atom stereocenters. The molecule has 2 nitrogen and oxygen atoms in total. The molecule has 0 aliphatic heterocycles. The van der Waals surface area contributed by atoms with Gasteiger partial charge >= 0.3 is 11.9 Å². The van der Waals surface area contributed by atoms with Gasteiger partial charge in [-0.2, -0.15) is 8.78 Å². The van der Waals surface area contributed by atoms with Crippen LogP contribution < -0.4 is 0 Å². The normalized spacial score (nSPS) is 51.4. The SMILES string of the molecule is CC(F)(F)C(=O)OCC12CC3CC4CC(C1)C3C42. The van der Waals surface area contributed by atoms with Crippen molar-refractivity contribution in [3.05, 3.63) is 0 Å². The molecule has 0 radical (unpaired) electrons. The lowest BCUT2D eigenvalue weighted by Gasteiger charge is -2.45. The zero-order valence-corrected chi connectivity index (χ0v) is 10.5. The van der Waals surface area contributed by atoms with Gasteiger partial charge in [0.15, 0.2) is 0 Å². The minimum absolute atomic E-state index is 0.0715. The first-order valence-electron chi connectivity index (χ1n) is 6.96. The molecule has 4 rings (SSSR count). The quantitative estimate of drug-likeness (QED) is 0.726. The maximum atomic E-state index is 12.8. The Balaban J connectivity index is 1.49. The second-order valence-corrected chi connectivity index (χ2v) is 7.09. The van der Waals surface area contributed by atoms with Crippen LogP contribution in [0.2, 0.25) is 0 Å². The predicted molar refractivity (Wildman–Crippen MR) is 59.9 cm³/mol. The molecule has 0 N–H and O–H groups in total. The summed E-state index contributed by atoms with van der Waals surface area (Å²) in [6.07, 6.45) is 4.90. The molecular weight excluding hydrogens is 238 g/mol. The standard InChI is InChI=1S/C14H18F2O2/c1-13(15,16)12(17)18-6-14-4-8-2-7-3-9(5-14)10(8)11(7)14/h7-11H,2-6H2,1H3. The van der Waals surface area contributed by atoms with E-state index >= 15 is 0 Å². The first kappa shape index (κ1) is 11.2. The van der Waals surface area contributed by atoms with Crippen LogP contribution in [-0.4, -0.2) is 18.5 Å². The summed E-state index contributed by atoms with van der Waals surface area (Å²) in [6, 6.07) is 0. The minimum Gasteiger partial charge on any atom is -0.461 e. The van der Waals surface area contributed by atoms with Crippen LogP contribution in [0, 0.1) is 35.0 Å². The van der Waals surface area contributed by atoms with E-state index in [4.69, 9.17) is 4.74 Å². The van der Waals surface area contributed by atoms with Crippen molar-refractivity contribution in [3.8, 4) is 0 Å². The highest BCUT2D eigenvalue weighted by molar-refractivity contribution is 5.76. The lowest BCUT2D eigenvalue weighted by atomic mass is 9.61. The van der Waals surface area contributed by atoms with Gasteiger partial charge in [0.05, 0.1) is 6.61 Å². The molecule has 0 aromatic heterocycles. The fourth-order valence-corrected chi connectivity index (χ4v) is 6.06. The number of ether oxygens (including phenoxy) is 1. The van der Waals surface area contributed by atoms with E-state index in [2.05, 4.69) is 0 Å². The fraction of sp³-hybridized carbons (Fsp3) is 0.929. The molecule has 6 bridgehead atoms. The molecule has 3 atom stereocenters. The van der Waals surface area contributed by atoms with Crippen LogP contribution in [-0.2, 0) is 9.53 Å². The minimum atomic E-state index is -3.35. The monoisotopic (exact) mass is 256 g/mol. The van der Waals surface area contributed by atoms with Crippen molar-refractivity contribution >= 4 is 5.97 Å². The molecule has 0 spiro atoms. The van der Waals surface area contributed by atoms with E-state index in [9.17, 15) is 13.6 Å². The van der Waals surface area contributed by atoms with Crippen molar-refractivity contribution in [1.29, 1.82) is 0 Å². The average molecular weight is 256 g/mol. The maximum absolute atomic E-state index is 12.8. The van der Waals surface area contributed by atoms with E-state index in [0.29, 0.717) is 12.8 Å². The molecule has 4 heteroatoms. The zero-order valence-electron chi connectivity index (χ0n) is 10.5. The number of alkyl halides is 2. The van der Waals surface area contributed by atoms with Gasteiger partial charge in [-0.1, -0.05) is 0 Å². The Hall–Kier alpha value is -0.670. The number of carbonyl (C=O) groups excluding carboxylic acids is 1. The maximum Gasteiger partial charge on any atom is 0.376 e. The molecule has 0 saturated heterocycles. The fourth-order valence-electron chi connectivity index (χ4n) is 6.06. The van der Waals surface area contributed by atoms with Gasteiger partial charge in [-0.25, -0.2) is 4.79 Å². The Bertz CT molecular complexity index is 399. The van der Waals surface area contributed by atoms with Crippen molar-refractivity contribution in [1.82, 2.24) is 0 Å². The van der Waals surface area contributed by atoms with Gasteiger partial charge in [-0.05, 0) is 55.3 Å². The van der Waals surface area contributed by atoms with E-state index in [0.717, 1.165) is 36.5 Å². The highest BCUT2D eigenvalue weighted by atomic mass is 19.3. The molecule has 100 valence electrons. The Kier molecular flexibility index (Phi) is 1.91. The van der Waals surface area contributed by atoms with Crippen LogP contribution >= 0.6 is 0 Å². The van der Waals surface area contributed by atoms with Gasteiger partial charge < -0.3 is 4.74 Å². The van der Waals surface area contributed by atoms with Crippen LogP contribution in [0.1, 0.15) is 32.6 Å². The largest absolute Gasteiger partial charge is 0.461 e. The molecule has 0 aromatic carbocycles. The number of hydrogen-bond acceptors (Lipinski definition) is 2. The Morgan fingerprint density at radius 3 is 2.33 bits per heavy atom. The summed E-state index contributed by atoms with van der Waals surface area (Å²) < 4.78 is 30.6. The van der Waals surface area contributed by atoms with Crippen molar-refractivity contribution in [2.24, 2.45) is 35.0 Å². The Morgan fingerprint density at radius 1 is 1.28 bits per heavy atom. The lowest BCUT2D eigenvalue weighted by molar-refractivity contribution is -0.175. The van der Waals surface area contributed by atoms with Gasteiger partial charge in [0.25, 0.3) is 0 Å². The summed E-state index contributed by atoms with van der Waals surface area (Å²) in [5.41, 5.74) is 0.0715. The third kappa shape index (κ3) is 1.19. The van der Waals surface area contributed by atoms with Crippen molar-refractivity contribution in [3.63, 3.8) is 0 Å². The second kappa shape index (κ2) is 3.07. The summed E-state index contributed by atoms with van der Waals surface area (Å²) in [4.78, 5) is 11.2. The number of hydrogen-bond donors (Lipinski definition) is 0. The summed E-state index contributed by atoms with van der Waals surface area (Å²) in [6.45, 7) is 0.850. The number of carbonyl (C=O) groups is 1. The first-order valence-corrected chi connectivity index (χ1v) is 6.96. The van der Waals surface area contributed by atoms with E-state index < -0.39 is 11.9 Å². The van der Waals surface area contributed by atoms with Crippen LogP contribution in [0.15, 0.2) is 0 Å². The van der Waals surface area contributed by atoms with Gasteiger partial charge in [0.2, 0.25) is 0 Å². The molecule has 0 amide bonds. The molecule has 0 aromatic rings. The smallest absolute Gasteiger partial charge is 0.376 e. The molecular formula is C14H18F2O2. The van der Waals surface area contributed by atoms with Crippen LogP contribution in [0.25, 0.3) is 0 Å². The van der Waals surface area contributed by atoms with Crippen molar-refractivity contribution in [2.75, 3.05) is 6.61 Å². The number of esters is 1. The second-order valence-electron chi connectivity index (χ2n) is 7.09. The van der Waals surface area contributed by atoms with Gasteiger partial charge in [0.1, 0.15) is 0 Å². The van der Waals surface area contributed by atoms with Gasteiger partial charge in [-0.3, -0.25) is 0 Å². The van der Waals surface area contributed by atoms with Crippen LogP contribution in [0.3, 0.4) is 0 Å². The zero-order chi connectivity index (χ0) is 12.7. The van der Waals surface area contributed by atoms with Crippen molar-refractivity contribution < 1.29 is 18.3 Å². The third-order valence-electron chi connectivity index (χ3n) is 6.12. The number of halogens is 2. The Morgan fingerprint density at radius 2 is 1.89 bits per heavy atom. The number of rotatable bonds is 3. The van der Waals surface area contributed by atoms with Crippen molar-refractivity contribution in [2.45, 2.75) is 38.5 Å². The van der Waals surface area contributed by atoms with E-state index in [-0.39, 0.29) is 12.0 Å². The highest BCUT2D eigenvalue weighted by Crippen LogP contribution is 2.78. The van der Waals surface area contributed by atoms with Crippen LogP contribution in [0.5, 0.6) is 0 Å². The van der Waals surface area contributed by atoms with Gasteiger partial charge in [-0.15, -0.1) is 0 Å². The van der Waals surface area contributed by atoms with E-state index in [1.807, 2.05) is 0 Å². The third-order valence-corrected chi connectivity index (χ3v) is 6.12. The predicted octanol–water partition coefficient (Wildman–Crippen LogP) is 2.87. The lowest BCUT2D eigenvalue weighted by Crippen LogP contribution is -2.42. The molecule has 4 aliphatic rings.